The molecule has 0 saturated carbocycles. The lowest BCUT2D eigenvalue weighted by Gasteiger charge is -2.33. The highest BCUT2D eigenvalue weighted by Crippen LogP contribution is 2.39. The Morgan fingerprint density at radius 1 is 1.00 bits per heavy atom. The van der Waals surface area contributed by atoms with Gasteiger partial charge in [-0.05, 0) is 54.8 Å². The standard InChI is InChI=1S/C25H22FN5OS/c1-15-8-13-20(14-16(15)2)27-24(32)22-21(17-9-11-19(26)12-10-17)30-31-23(28-29-25(31)33-22)18-6-4-3-5-7-18/h3-14,21-22,30H,1-2H3,(H,27,32)/t21-,22+/m1/s1. The zero-order valence-electron chi connectivity index (χ0n) is 18.1. The van der Waals surface area contributed by atoms with Gasteiger partial charge in [0.25, 0.3) is 0 Å². The van der Waals surface area contributed by atoms with Crippen LogP contribution in [0.2, 0.25) is 0 Å². The molecule has 6 nitrogen and oxygen atoms in total. The second-order valence-electron chi connectivity index (χ2n) is 7.99. The summed E-state index contributed by atoms with van der Waals surface area (Å²) in [7, 11) is 0. The number of nitrogens with one attached hydrogen (secondary N) is 2. The van der Waals surface area contributed by atoms with Crippen LogP contribution in [0.15, 0.2) is 78.0 Å². The summed E-state index contributed by atoms with van der Waals surface area (Å²) in [6, 6.07) is 21.3. The zero-order chi connectivity index (χ0) is 22.9. The summed E-state index contributed by atoms with van der Waals surface area (Å²) >= 11 is 1.34. The van der Waals surface area contributed by atoms with Gasteiger partial charge < -0.3 is 10.7 Å². The third-order valence-corrected chi connectivity index (χ3v) is 6.95. The van der Waals surface area contributed by atoms with Gasteiger partial charge in [0, 0.05) is 11.3 Å². The first kappa shape index (κ1) is 21.2. The number of nitrogens with zero attached hydrogens (tertiary/aromatic N) is 3. The first-order chi connectivity index (χ1) is 16.0. The molecule has 1 amide bonds. The van der Waals surface area contributed by atoms with Gasteiger partial charge in [-0.25, -0.2) is 9.07 Å². The maximum atomic E-state index is 13.6. The molecular formula is C25H22FN5OS. The molecule has 0 spiro atoms. The smallest absolute Gasteiger partial charge is 0.240 e. The fourth-order valence-electron chi connectivity index (χ4n) is 3.78. The number of anilines is 1. The van der Waals surface area contributed by atoms with Gasteiger partial charge in [-0.1, -0.05) is 60.3 Å². The van der Waals surface area contributed by atoms with Crippen LogP contribution in [-0.2, 0) is 4.79 Å². The van der Waals surface area contributed by atoms with Crippen molar-refractivity contribution in [3.8, 4) is 11.4 Å². The van der Waals surface area contributed by atoms with Crippen LogP contribution in [0.5, 0.6) is 0 Å². The number of thioether (sulfide) groups is 1. The minimum atomic E-state index is -0.544. The largest absolute Gasteiger partial charge is 0.325 e. The predicted octanol–water partition coefficient (Wildman–Crippen LogP) is 5.10. The Balaban J connectivity index is 1.50. The van der Waals surface area contributed by atoms with Gasteiger partial charge >= 0.3 is 0 Å². The molecule has 3 aromatic carbocycles. The summed E-state index contributed by atoms with van der Waals surface area (Å²) in [5.41, 5.74) is 8.10. The monoisotopic (exact) mass is 459 g/mol. The number of rotatable bonds is 4. The number of aromatic nitrogens is 3. The number of hydrogen-bond donors (Lipinski definition) is 2. The van der Waals surface area contributed by atoms with Crippen LogP contribution in [-0.4, -0.2) is 26.0 Å². The molecule has 0 aliphatic carbocycles. The van der Waals surface area contributed by atoms with E-state index < -0.39 is 11.3 Å². The lowest BCUT2D eigenvalue weighted by Crippen LogP contribution is -2.41. The van der Waals surface area contributed by atoms with Crippen molar-refractivity contribution in [2.45, 2.75) is 30.3 Å². The summed E-state index contributed by atoms with van der Waals surface area (Å²) in [5, 5.41) is 11.7. The van der Waals surface area contributed by atoms with Gasteiger partial charge in [0.2, 0.25) is 11.1 Å². The fraction of sp³-hybridized carbons (Fsp3) is 0.160. The molecule has 166 valence electrons. The summed E-state index contributed by atoms with van der Waals surface area (Å²) in [6.45, 7) is 4.04. The maximum Gasteiger partial charge on any atom is 0.240 e. The molecule has 4 aromatic rings. The van der Waals surface area contributed by atoms with Gasteiger partial charge in [0.05, 0.1) is 6.04 Å². The number of amides is 1. The van der Waals surface area contributed by atoms with E-state index in [2.05, 4.69) is 20.9 Å². The lowest BCUT2D eigenvalue weighted by atomic mass is 10.0. The van der Waals surface area contributed by atoms with Crippen molar-refractivity contribution in [1.29, 1.82) is 0 Å². The number of carbonyl (C=O) groups is 1. The van der Waals surface area contributed by atoms with Crippen LogP contribution in [0.4, 0.5) is 10.1 Å². The van der Waals surface area contributed by atoms with E-state index in [-0.39, 0.29) is 11.7 Å². The van der Waals surface area contributed by atoms with Crippen molar-refractivity contribution in [2.24, 2.45) is 0 Å². The summed E-state index contributed by atoms with van der Waals surface area (Å²) < 4.78 is 15.4. The molecule has 0 saturated heterocycles. The van der Waals surface area contributed by atoms with Crippen molar-refractivity contribution >= 4 is 23.4 Å². The third-order valence-electron chi connectivity index (χ3n) is 5.73. The molecule has 0 radical (unpaired) electrons. The van der Waals surface area contributed by atoms with E-state index in [1.54, 1.807) is 16.8 Å². The highest BCUT2D eigenvalue weighted by molar-refractivity contribution is 8.00. The molecule has 1 aliphatic rings. The molecule has 0 bridgehead atoms. The average molecular weight is 460 g/mol. The molecule has 33 heavy (non-hydrogen) atoms. The molecule has 0 fully saturated rings. The van der Waals surface area contributed by atoms with Crippen LogP contribution >= 0.6 is 11.8 Å². The Kier molecular flexibility index (Phi) is 5.60. The Morgan fingerprint density at radius 2 is 1.76 bits per heavy atom. The van der Waals surface area contributed by atoms with E-state index >= 15 is 0 Å². The minimum absolute atomic E-state index is 0.166. The molecule has 0 unspecified atom stereocenters. The van der Waals surface area contributed by atoms with Crippen LogP contribution in [0, 0.1) is 19.7 Å². The van der Waals surface area contributed by atoms with E-state index in [0.717, 1.165) is 27.9 Å². The Bertz CT molecular complexity index is 1310. The van der Waals surface area contributed by atoms with Crippen molar-refractivity contribution in [3.63, 3.8) is 0 Å². The highest BCUT2D eigenvalue weighted by atomic mass is 32.2. The average Bonchev–Trinajstić information content (AvgIpc) is 3.25. The quantitative estimate of drug-likeness (QED) is 0.444. The molecule has 2 atom stereocenters. The Hall–Kier alpha value is -3.65. The SMILES string of the molecule is Cc1ccc(NC(=O)[C@H]2Sc3nnc(-c4ccccc4)n3N[C@@H]2c2ccc(F)cc2)cc1C. The molecule has 1 aromatic heterocycles. The van der Waals surface area contributed by atoms with Crippen LogP contribution in [0.3, 0.4) is 0 Å². The maximum absolute atomic E-state index is 13.6. The predicted molar refractivity (Wildman–Crippen MR) is 128 cm³/mol. The van der Waals surface area contributed by atoms with Gasteiger partial charge in [-0.2, -0.15) is 0 Å². The van der Waals surface area contributed by atoms with Crippen molar-refractivity contribution in [2.75, 3.05) is 10.7 Å². The number of carbonyl (C=O) groups excluding carboxylic acids is 1. The van der Waals surface area contributed by atoms with E-state index in [1.807, 2.05) is 62.4 Å². The van der Waals surface area contributed by atoms with Crippen molar-refractivity contribution < 1.29 is 9.18 Å². The second-order valence-corrected chi connectivity index (χ2v) is 9.10. The number of aryl methyl sites for hydroxylation is 2. The van der Waals surface area contributed by atoms with Crippen LogP contribution in [0.1, 0.15) is 22.7 Å². The van der Waals surface area contributed by atoms with E-state index in [4.69, 9.17) is 0 Å². The van der Waals surface area contributed by atoms with E-state index in [1.165, 1.54) is 23.9 Å². The number of halogens is 1. The van der Waals surface area contributed by atoms with Crippen LogP contribution in [0.25, 0.3) is 11.4 Å². The van der Waals surface area contributed by atoms with Gasteiger partial charge in [-0.15, -0.1) is 10.2 Å². The molecule has 8 heteroatoms. The topological polar surface area (TPSA) is 71.8 Å². The summed E-state index contributed by atoms with van der Waals surface area (Å²) in [4.78, 5) is 13.4. The second kappa shape index (κ2) is 8.71. The number of hydrogen-bond acceptors (Lipinski definition) is 5. The molecular weight excluding hydrogens is 437 g/mol. The van der Waals surface area contributed by atoms with Crippen molar-refractivity contribution in [3.05, 3.63) is 95.3 Å². The highest BCUT2D eigenvalue weighted by Gasteiger charge is 2.38. The Morgan fingerprint density at radius 3 is 2.48 bits per heavy atom. The molecule has 2 heterocycles. The van der Waals surface area contributed by atoms with Gasteiger partial charge in [0.1, 0.15) is 11.1 Å². The molecule has 1 aliphatic heterocycles. The minimum Gasteiger partial charge on any atom is -0.325 e. The lowest BCUT2D eigenvalue weighted by molar-refractivity contribution is -0.116. The first-order valence-corrected chi connectivity index (χ1v) is 11.5. The Labute approximate surface area is 195 Å². The van der Waals surface area contributed by atoms with Crippen molar-refractivity contribution in [1.82, 2.24) is 14.9 Å². The molecule has 2 N–H and O–H groups in total. The normalized spacial score (nSPS) is 17.2. The number of fused-ring (bicyclic) bond motifs is 1. The van der Waals surface area contributed by atoms with E-state index in [9.17, 15) is 9.18 Å². The molecule has 5 rings (SSSR count). The first-order valence-electron chi connectivity index (χ1n) is 10.6. The van der Waals surface area contributed by atoms with Gasteiger partial charge in [-0.3, -0.25) is 4.79 Å². The van der Waals surface area contributed by atoms with Crippen LogP contribution < -0.4 is 10.7 Å². The zero-order valence-corrected chi connectivity index (χ0v) is 18.9. The number of benzene rings is 3. The fourth-order valence-corrected chi connectivity index (χ4v) is 4.86. The third kappa shape index (κ3) is 4.21. The van der Waals surface area contributed by atoms with Gasteiger partial charge in [0.15, 0.2) is 5.82 Å². The summed E-state index contributed by atoms with van der Waals surface area (Å²) in [5.74, 6) is 0.159. The summed E-state index contributed by atoms with van der Waals surface area (Å²) in [6.07, 6.45) is 0. The van der Waals surface area contributed by atoms with E-state index in [0.29, 0.717) is 11.0 Å².